The minimum atomic E-state index is -0.787. The number of unbranched alkanes of at least 4 members (excludes halogenated alkanes) is 32. The van der Waals surface area contributed by atoms with Gasteiger partial charge in [0, 0.05) is 19.3 Å². The van der Waals surface area contributed by atoms with E-state index >= 15 is 0 Å². The van der Waals surface area contributed by atoms with Crippen LogP contribution < -0.4 is 0 Å². The fourth-order valence-electron chi connectivity index (χ4n) is 9.79. The number of carbonyl (C=O) groups excluding carboxylic acids is 3. The summed E-state index contributed by atoms with van der Waals surface area (Å²) in [5.74, 6) is -0.894. The molecule has 0 aromatic rings. The average molecular weight is 1150 g/mol. The van der Waals surface area contributed by atoms with Crippen molar-refractivity contribution in [3.8, 4) is 0 Å². The molecule has 0 aliphatic heterocycles. The number of ether oxygens (including phenoxy) is 3. The van der Waals surface area contributed by atoms with Crippen LogP contribution in [0.2, 0.25) is 0 Å². The van der Waals surface area contributed by atoms with Gasteiger partial charge in [-0.05, 0) is 109 Å². The Morgan fingerprint density at radius 2 is 0.470 bits per heavy atom. The van der Waals surface area contributed by atoms with Crippen LogP contribution in [0.4, 0.5) is 0 Å². The van der Waals surface area contributed by atoms with E-state index < -0.39 is 6.10 Å². The van der Waals surface area contributed by atoms with E-state index in [1.807, 2.05) is 0 Å². The summed E-state index contributed by atoms with van der Waals surface area (Å²) < 4.78 is 16.9. The van der Waals surface area contributed by atoms with Crippen LogP contribution in [0.5, 0.6) is 0 Å². The minimum Gasteiger partial charge on any atom is -0.462 e. The number of hydrogen-bond donors (Lipinski definition) is 0. The van der Waals surface area contributed by atoms with E-state index in [1.165, 1.54) is 148 Å². The summed E-state index contributed by atoms with van der Waals surface area (Å²) in [6, 6.07) is 0. The van der Waals surface area contributed by atoms with Gasteiger partial charge in [0.15, 0.2) is 6.10 Å². The molecule has 0 aliphatic rings. The molecule has 0 amide bonds. The van der Waals surface area contributed by atoms with E-state index in [-0.39, 0.29) is 31.1 Å². The van der Waals surface area contributed by atoms with Crippen molar-refractivity contribution in [2.45, 2.75) is 335 Å². The Bertz CT molecular complexity index is 1700. The number of hydrogen-bond acceptors (Lipinski definition) is 6. The second kappa shape index (κ2) is 70.3. The Morgan fingerprint density at radius 1 is 0.253 bits per heavy atom. The van der Waals surface area contributed by atoms with Crippen molar-refractivity contribution in [2.24, 2.45) is 0 Å². The first-order chi connectivity index (χ1) is 41.0. The number of carbonyl (C=O) groups is 3. The fraction of sp³-hybridized carbons (Fsp3) is 0.701. The zero-order valence-corrected chi connectivity index (χ0v) is 54.4. The lowest BCUT2D eigenvalue weighted by Crippen LogP contribution is -2.30. The topological polar surface area (TPSA) is 78.9 Å². The minimum absolute atomic E-state index is 0.0833. The molecule has 6 heteroatoms. The molecule has 0 aromatic heterocycles. The van der Waals surface area contributed by atoms with Crippen molar-refractivity contribution < 1.29 is 28.6 Å². The van der Waals surface area contributed by atoms with Crippen molar-refractivity contribution in [2.75, 3.05) is 13.2 Å². The molecule has 1 unspecified atom stereocenters. The summed E-state index contributed by atoms with van der Waals surface area (Å²) in [6.45, 7) is 6.40. The maximum absolute atomic E-state index is 12.9. The normalized spacial score (nSPS) is 12.9. The Morgan fingerprint density at radius 3 is 0.735 bits per heavy atom. The third kappa shape index (κ3) is 68.5. The molecule has 1 atom stereocenters. The SMILES string of the molecule is CC/C=C\C/C=C\C/C=C\C/C=C\C/C=C\CCCCCCCCCCCCCCCCCCCCCC(=O)OCC(COC(=O)CCCCCCCCCCC)OC(=O)CCCCCCC/C=C\C/C=C\C/C=C\C/C=C\C/C=C\CC. The Balaban J connectivity index is 4.11. The molecular formula is C77H130O6. The Hall–Kier alpha value is -4.19. The molecule has 0 aliphatic carbocycles. The summed E-state index contributed by atoms with van der Waals surface area (Å²) in [4.78, 5) is 38.3. The van der Waals surface area contributed by atoms with Gasteiger partial charge in [-0.15, -0.1) is 0 Å². The Kier molecular flexibility index (Phi) is 66.7. The van der Waals surface area contributed by atoms with E-state index in [1.54, 1.807) is 0 Å². The molecular weight excluding hydrogens is 1020 g/mol. The molecule has 83 heavy (non-hydrogen) atoms. The van der Waals surface area contributed by atoms with Crippen molar-refractivity contribution in [1.82, 2.24) is 0 Å². The lowest BCUT2D eigenvalue weighted by molar-refractivity contribution is -0.167. The van der Waals surface area contributed by atoms with Crippen LogP contribution in [-0.4, -0.2) is 37.2 Å². The summed E-state index contributed by atoms with van der Waals surface area (Å²) in [5, 5.41) is 0. The maximum atomic E-state index is 12.9. The molecule has 0 heterocycles. The smallest absolute Gasteiger partial charge is 0.306 e. The first-order valence-electron chi connectivity index (χ1n) is 35.0. The van der Waals surface area contributed by atoms with Crippen molar-refractivity contribution >= 4 is 17.9 Å². The van der Waals surface area contributed by atoms with Crippen LogP contribution in [-0.2, 0) is 28.6 Å². The molecule has 0 N–H and O–H groups in total. The van der Waals surface area contributed by atoms with E-state index in [9.17, 15) is 14.4 Å². The van der Waals surface area contributed by atoms with Crippen molar-refractivity contribution in [3.63, 3.8) is 0 Å². The maximum Gasteiger partial charge on any atom is 0.306 e. The molecule has 0 saturated heterocycles. The van der Waals surface area contributed by atoms with Gasteiger partial charge in [0.2, 0.25) is 0 Å². The molecule has 0 fully saturated rings. The van der Waals surface area contributed by atoms with Gasteiger partial charge in [-0.2, -0.15) is 0 Å². The van der Waals surface area contributed by atoms with Gasteiger partial charge in [0.1, 0.15) is 13.2 Å². The van der Waals surface area contributed by atoms with Gasteiger partial charge in [-0.3, -0.25) is 14.4 Å². The summed E-state index contributed by atoms with van der Waals surface area (Å²) in [6.07, 6.45) is 98.2. The van der Waals surface area contributed by atoms with Crippen molar-refractivity contribution in [1.29, 1.82) is 0 Å². The predicted octanol–water partition coefficient (Wildman–Crippen LogP) is 24.3. The quantitative estimate of drug-likeness (QED) is 0.0261. The second-order valence-corrected chi connectivity index (χ2v) is 23.0. The standard InChI is InChI=1S/C77H130O6/c1-4-7-10-13-16-19-21-23-25-27-29-31-32-33-34-35-36-37-38-39-40-41-42-43-44-46-47-49-51-53-55-58-61-64-67-70-76(79)82-73-74(72-81-75(78)69-66-63-60-57-18-15-12-9-6-3)83-77(80)71-68-65-62-59-56-54-52-50-48-45-30-28-26-24-22-20-17-14-11-8-5-2/h7-8,10-11,16-17,19-20,23-26,29-31,33-34,45,50,52,74H,4-6,9,12-15,18,21-22,27-28,32,35-44,46-49,51,53-73H2,1-3H3/b10-7-,11-8-,19-16-,20-17-,25-23-,26-24-,31-29-,34-33-,45-30-,52-50-. The molecule has 0 bridgehead atoms. The molecule has 0 saturated carbocycles. The lowest BCUT2D eigenvalue weighted by Gasteiger charge is -2.18. The fourth-order valence-corrected chi connectivity index (χ4v) is 9.79. The molecule has 0 spiro atoms. The third-order valence-corrected chi connectivity index (χ3v) is 15.0. The van der Waals surface area contributed by atoms with Gasteiger partial charge in [0.05, 0.1) is 0 Å². The van der Waals surface area contributed by atoms with Crippen LogP contribution in [0, 0.1) is 0 Å². The van der Waals surface area contributed by atoms with Gasteiger partial charge in [-0.25, -0.2) is 0 Å². The summed E-state index contributed by atoms with van der Waals surface area (Å²) in [7, 11) is 0. The zero-order chi connectivity index (χ0) is 59.9. The highest BCUT2D eigenvalue weighted by molar-refractivity contribution is 5.71. The lowest BCUT2D eigenvalue weighted by atomic mass is 10.0. The first kappa shape index (κ1) is 78.8. The largest absolute Gasteiger partial charge is 0.462 e. The molecule has 6 nitrogen and oxygen atoms in total. The van der Waals surface area contributed by atoms with Gasteiger partial charge >= 0.3 is 17.9 Å². The summed E-state index contributed by atoms with van der Waals surface area (Å²) in [5.41, 5.74) is 0. The van der Waals surface area contributed by atoms with Crippen LogP contribution in [0.1, 0.15) is 329 Å². The van der Waals surface area contributed by atoms with Gasteiger partial charge < -0.3 is 14.2 Å². The number of allylic oxidation sites excluding steroid dienone is 20. The highest BCUT2D eigenvalue weighted by Gasteiger charge is 2.19. The first-order valence-corrected chi connectivity index (χ1v) is 35.0. The van der Waals surface area contributed by atoms with Crippen LogP contribution in [0.15, 0.2) is 122 Å². The number of esters is 3. The summed E-state index contributed by atoms with van der Waals surface area (Å²) >= 11 is 0. The van der Waals surface area contributed by atoms with Gasteiger partial charge in [0.25, 0.3) is 0 Å². The third-order valence-electron chi connectivity index (χ3n) is 15.0. The zero-order valence-electron chi connectivity index (χ0n) is 54.4. The van der Waals surface area contributed by atoms with Gasteiger partial charge in [-0.1, -0.05) is 322 Å². The number of rotatable bonds is 63. The highest BCUT2D eigenvalue weighted by atomic mass is 16.6. The van der Waals surface area contributed by atoms with Crippen LogP contribution in [0.25, 0.3) is 0 Å². The Labute approximate surface area is 513 Å². The molecule has 474 valence electrons. The van der Waals surface area contributed by atoms with E-state index in [2.05, 4.69) is 142 Å². The predicted molar refractivity (Wildman–Crippen MR) is 362 cm³/mol. The van der Waals surface area contributed by atoms with Crippen molar-refractivity contribution in [3.05, 3.63) is 122 Å². The average Bonchev–Trinajstić information content (AvgIpc) is 3.49. The highest BCUT2D eigenvalue weighted by Crippen LogP contribution is 2.17. The van der Waals surface area contributed by atoms with Crippen LogP contribution >= 0.6 is 0 Å². The molecule has 0 rings (SSSR count). The van der Waals surface area contributed by atoms with Crippen LogP contribution in [0.3, 0.4) is 0 Å². The monoisotopic (exact) mass is 1150 g/mol. The molecule has 0 radical (unpaired) electrons. The van der Waals surface area contributed by atoms with E-state index in [0.29, 0.717) is 19.3 Å². The van der Waals surface area contributed by atoms with E-state index in [4.69, 9.17) is 14.2 Å². The molecule has 0 aromatic carbocycles. The second-order valence-electron chi connectivity index (χ2n) is 23.0. The van der Waals surface area contributed by atoms with E-state index in [0.717, 1.165) is 141 Å².